The highest BCUT2D eigenvalue weighted by atomic mass is 35.5. The van der Waals surface area contributed by atoms with E-state index < -0.39 is 10.0 Å². The van der Waals surface area contributed by atoms with E-state index in [1.54, 1.807) is 25.3 Å². The Morgan fingerprint density at radius 1 is 1.10 bits per heavy atom. The van der Waals surface area contributed by atoms with Gasteiger partial charge in [0.1, 0.15) is 5.76 Å². The molecule has 0 saturated heterocycles. The number of carbonyl (C=O) groups is 1. The lowest BCUT2D eigenvalue weighted by atomic mass is 10.1. The van der Waals surface area contributed by atoms with E-state index in [0.29, 0.717) is 28.4 Å². The topological polar surface area (TPSA) is 88.4 Å². The van der Waals surface area contributed by atoms with Crippen molar-refractivity contribution < 1.29 is 17.6 Å². The van der Waals surface area contributed by atoms with Crippen LogP contribution in [0, 0.1) is 6.92 Å². The van der Waals surface area contributed by atoms with E-state index in [-0.39, 0.29) is 10.8 Å². The summed E-state index contributed by atoms with van der Waals surface area (Å²) in [5, 5.41) is 3.29. The van der Waals surface area contributed by atoms with Gasteiger partial charge in [-0.3, -0.25) is 9.52 Å². The number of aryl methyl sites for hydroxylation is 2. The van der Waals surface area contributed by atoms with Crippen LogP contribution in [0.1, 0.15) is 28.1 Å². The highest BCUT2D eigenvalue weighted by molar-refractivity contribution is 7.92. The molecule has 8 heteroatoms. The molecule has 0 atom stereocenters. The number of sulfonamides is 1. The average molecular weight is 433 g/mol. The van der Waals surface area contributed by atoms with Gasteiger partial charge in [0, 0.05) is 23.6 Å². The Kier molecular flexibility index (Phi) is 6.61. The van der Waals surface area contributed by atoms with Gasteiger partial charge in [0.15, 0.2) is 0 Å². The number of hydrogen-bond donors (Lipinski definition) is 2. The van der Waals surface area contributed by atoms with Crippen LogP contribution >= 0.6 is 11.6 Å². The third-order valence-electron chi connectivity index (χ3n) is 4.33. The lowest BCUT2D eigenvalue weighted by Gasteiger charge is -2.12. The fourth-order valence-corrected chi connectivity index (χ4v) is 3.96. The second-order valence-corrected chi connectivity index (χ2v) is 8.65. The summed E-state index contributed by atoms with van der Waals surface area (Å²) in [5.74, 6) is 0.602. The van der Waals surface area contributed by atoms with Gasteiger partial charge < -0.3 is 9.73 Å². The SMILES string of the molecule is Cc1ccc(C(=O)NCCCc2ccco2)cc1NS(=O)(=O)c1ccc(Cl)cc1. The van der Waals surface area contributed by atoms with Crippen LogP contribution in [0.2, 0.25) is 5.02 Å². The molecular formula is C21H21ClN2O4S. The van der Waals surface area contributed by atoms with Gasteiger partial charge in [-0.05, 0) is 67.4 Å². The first-order chi connectivity index (χ1) is 13.8. The number of carbonyl (C=O) groups excluding carboxylic acids is 1. The molecule has 0 saturated carbocycles. The predicted molar refractivity (Wildman–Crippen MR) is 113 cm³/mol. The number of nitrogens with one attached hydrogen (secondary N) is 2. The molecule has 0 aliphatic carbocycles. The minimum Gasteiger partial charge on any atom is -0.469 e. The summed E-state index contributed by atoms with van der Waals surface area (Å²) >= 11 is 5.82. The Hall–Kier alpha value is -2.77. The van der Waals surface area contributed by atoms with Gasteiger partial charge in [-0.1, -0.05) is 17.7 Å². The summed E-state index contributed by atoms with van der Waals surface area (Å²) in [4.78, 5) is 12.5. The van der Waals surface area contributed by atoms with E-state index in [0.717, 1.165) is 18.6 Å². The van der Waals surface area contributed by atoms with Gasteiger partial charge >= 0.3 is 0 Å². The molecule has 0 spiro atoms. The molecule has 29 heavy (non-hydrogen) atoms. The van der Waals surface area contributed by atoms with Crippen LogP contribution in [-0.4, -0.2) is 20.9 Å². The van der Waals surface area contributed by atoms with Crippen molar-refractivity contribution in [2.24, 2.45) is 0 Å². The molecule has 2 aromatic carbocycles. The first kappa shape index (κ1) is 21.0. The number of benzene rings is 2. The molecule has 3 rings (SSSR count). The number of rotatable bonds is 8. The van der Waals surface area contributed by atoms with Crippen molar-refractivity contribution in [3.63, 3.8) is 0 Å². The van der Waals surface area contributed by atoms with Crippen molar-refractivity contribution in [3.05, 3.63) is 82.8 Å². The molecule has 0 fully saturated rings. The monoisotopic (exact) mass is 432 g/mol. The zero-order chi connectivity index (χ0) is 20.9. The Bertz CT molecular complexity index is 1080. The minimum absolute atomic E-state index is 0.0917. The maximum atomic E-state index is 12.6. The third-order valence-corrected chi connectivity index (χ3v) is 5.97. The van der Waals surface area contributed by atoms with Crippen LogP contribution in [0.5, 0.6) is 0 Å². The first-order valence-corrected chi connectivity index (χ1v) is 10.9. The van der Waals surface area contributed by atoms with Crippen LogP contribution < -0.4 is 10.0 Å². The van der Waals surface area contributed by atoms with Crippen LogP contribution in [0.4, 0.5) is 5.69 Å². The van der Waals surface area contributed by atoms with E-state index in [1.807, 2.05) is 12.1 Å². The smallest absolute Gasteiger partial charge is 0.261 e. The van der Waals surface area contributed by atoms with Gasteiger partial charge in [0.05, 0.1) is 16.8 Å². The van der Waals surface area contributed by atoms with E-state index >= 15 is 0 Å². The van der Waals surface area contributed by atoms with E-state index in [1.165, 1.54) is 30.3 Å². The quantitative estimate of drug-likeness (QED) is 0.516. The van der Waals surface area contributed by atoms with Crippen LogP contribution in [0.15, 0.2) is 70.2 Å². The number of hydrogen-bond acceptors (Lipinski definition) is 4. The molecular weight excluding hydrogens is 412 g/mol. The maximum Gasteiger partial charge on any atom is 0.261 e. The maximum absolute atomic E-state index is 12.6. The van der Waals surface area contributed by atoms with Crippen molar-refractivity contribution in [2.75, 3.05) is 11.3 Å². The van der Waals surface area contributed by atoms with Crippen molar-refractivity contribution in [2.45, 2.75) is 24.7 Å². The molecule has 0 bridgehead atoms. The highest BCUT2D eigenvalue weighted by Gasteiger charge is 2.16. The highest BCUT2D eigenvalue weighted by Crippen LogP contribution is 2.22. The number of anilines is 1. The zero-order valence-corrected chi connectivity index (χ0v) is 17.4. The lowest BCUT2D eigenvalue weighted by Crippen LogP contribution is -2.25. The van der Waals surface area contributed by atoms with E-state index in [9.17, 15) is 13.2 Å². The number of amides is 1. The van der Waals surface area contributed by atoms with E-state index in [2.05, 4.69) is 10.0 Å². The molecule has 1 heterocycles. The summed E-state index contributed by atoms with van der Waals surface area (Å²) in [5.41, 5.74) is 1.43. The van der Waals surface area contributed by atoms with E-state index in [4.69, 9.17) is 16.0 Å². The fraction of sp³-hybridized carbons (Fsp3) is 0.190. The summed E-state index contributed by atoms with van der Waals surface area (Å²) in [6, 6.07) is 14.5. The van der Waals surface area contributed by atoms with Gasteiger partial charge in [0.25, 0.3) is 15.9 Å². The Balaban J connectivity index is 1.65. The zero-order valence-electron chi connectivity index (χ0n) is 15.8. The molecule has 152 valence electrons. The molecule has 1 aromatic heterocycles. The molecule has 0 aliphatic heterocycles. The molecule has 0 radical (unpaired) electrons. The lowest BCUT2D eigenvalue weighted by molar-refractivity contribution is 0.0953. The number of halogens is 1. The number of furan rings is 1. The summed E-state index contributed by atoms with van der Waals surface area (Å²) < 4.78 is 33.0. The average Bonchev–Trinajstić information content (AvgIpc) is 3.20. The fourth-order valence-electron chi connectivity index (χ4n) is 2.71. The standard InChI is InChI=1S/C21H21ClN2O4S/c1-15-6-7-16(21(25)23-12-2-4-18-5-3-13-28-18)14-20(15)24-29(26,27)19-10-8-17(22)9-11-19/h3,5-11,13-14,24H,2,4,12H2,1H3,(H,23,25). The third kappa shape index (κ3) is 5.62. The van der Waals surface area contributed by atoms with Crippen molar-refractivity contribution >= 4 is 33.2 Å². The second kappa shape index (κ2) is 9.15. The van der Waals surface area contributed by atoms with Gasteiger partial charge in [-0.15, -0.1) is 0 Å². The van der Waals surface area contributed by atoms with Crippen LogP contribution in [-0.2, 0) is 16.4 Å². The molecule has 6 nitrogen and oxygen atoms in total. The largest absolute Gasteiger partial charge is 0.469 e. The van der Waals surface area contributed by atoms with Crippen molar-refractivity contribution in [3.8, 4) is 0 Å². The molecule has 3 aromatic rings. The van der Waals surface area contributed by atoms with Crippen molar-refractivity contribution in [1.82, 2.24) is 5.32 Å². The van der Waals surface area contributed by atoms with Crippen LogP contribution in [0.25, 0.3) is 0 Å². The molecule has 1 amide bonds. The van der Waals surface area contributed by atoms with Gasteiger partial charge in [-0.25, -0.2) is 8.42 Å². The van der Waals surface area contributed by atoms with Gasteiger partial charge in [0.2, 0.25) is 0 Å². The predicted octanol–water partition coefficient (Wildman–Crippen LogP) is 4.40. The first-order valence-electron chi connectivity index (χ1n) is 9.05. The molecule has 0 aliphatic rings. The minimum atomic E-state index is -3.79. The summed E-state index contributed by atoms with van der Waals surface area (Å²) in [6.07, 6.45) is 3.08. The Morgan fingerprint density at radius 2 is 1.86 bits per heavy atom. The van der Waals surface area contributed by atoms with Gasteiger partial charge in [-0.2, -0.15) is 0 Å². The summed E-state index contributed by atoms with van der Waals surface area (Å²) in [6.45, 7) is 2.25. The Morgan fingerprint density at radius 3 is 2.55 bits per heavy atom. The Labute approximate surface area is 174 Å². The van der Waals surface area contributed by atoms with Crippen LogP contribution in [0.3, 0.4) is 0 Å². The summed E-state index contributed by atoms with van der Waals surface area (Å²) in [7, 11) is -3.79. The van der Waals surface area contributed by atoms with Crippen molar-refractivity contribution in [1.29, 1.82) is 0 Å². The normalized spacial score (nSPS) is 11.2. The molecule has 0 unspecified atom stereocenters. The second-order valence-electron chi connectivity index (χ2n) is 6.53. The molecule has 2 N–H and O–H groups in total.